The predicted molar refractivity (Wildman–Crippen MR) is 47.6 cm³/mol. The van der Waals surface area contributed by atoms with Crippen LogP contribution in [0, 0.1) is 5.92 Å². The number of likely N-dealkylation sites (tertiary alicyclic amines) is 1. The SMILES string of the molecule is CC.CC(C)CN1CC(F)(F)C1. The van der Waals surface area contributed by atoms with Gasteiger partial charge in [0.15, 0.2) is 0 Å². The number of alkyl halides is 2. The van der Waals surface area contributed by atoms with Gasteiger partial charge < -0.3 is 0 Å². The molecule has 0 unspecified atom stereocenters. The molecule has 0 aliphatic carbocycles. The van der Waals surface area contributed by atoms with Crippen molar-refractivity contribution in [1.29, 1.82) is 0 Å². The molecular formula is C9H19F2N. The summed E-state index contributed by atoms with van der Waals surface area (Å²) in [5.74, 6) is -1.90. The molecule has 0 aromatic heterocycles. The van der Waals surface area contributed by atoms with E-state index < -0.39 is 5.92 Å². The normalized spacial score (nSPS) is 21.2. The molecule has 1 aliphatic rings. The smallest absolute Gasteiger partial charge is 0.272 e. The third kappa shape index (κ3) is 4.00. The Kier molecular flexibility index (Phi) is 4.68. The van der Waals surface area contributed by atoms with Gasteiger partial charge in [0.2, 0.25) is 0 Å². The first-order chi connectivity index (χ1) is 5.49. The molecule has 3 heteroatoms. The van der Waals surface area contributed by atoms with Gasteiger partial charge in [-0.15, -0.1) is 0 Å². The van der Waals surface area contributed by atoms with Crippen molar-refractivity contribution in [3.8, 4) is 0 Å². The molecule has 0 spiro atoms. The highest BCUT2D eigenvalue weighted by molar-refractivity contribution is 4.86. The minimum Gasteiger partial charge on any atom is -0.291 e. The van der Waals surface area contributed by atoms with Crippen molar-refractivity contribution >= 4 is 0 Å². The van der Waals surface area contributed by atoms with Crippen LogP contribution in [0.2, 0.25) is 0 Å². The fourth-order valence-electron chi connectivity index (χ4n) is 1.25. The van der Waals surface area contributed by atoms with E-state index in [-0.39, 0.29) is 13.1 Å². The quantitative estimate of drug-likeness (QED) is 0.630. The van der Waals surface area contributed by atoms with E-state index >= 15 is 0 Å². The number of hydrogen-bond acceptors (Lipinski definition) is 1. The molecule has 0 aromatic carbocycles. The third-order valence-corrected chi connectivity index (χ3v) is 1.53. The Hall–Kier alpha value is -0.180. The van der Waals surface area contributed by atoms with Crippen LogP contribution in [0.4, 0.5) is 8.78 Å². The molecule has 1 heterocycles. The number of rotatable bonds is 2. The number of halogens is 2. The lowest BCUT2D eigenvalue weighted by Crippen LogP contribution is -2.56. The summed E-state index contributed by atoms with van der Waals surface area (Å²) in [6.45, 7) is 8.80. The fourth-order valence-corrected chi connectivity index (χ4v) is 1.25. The second-order valence-electron chi connectivity index (χ2n) is 3.42. The minimum absolute atomic E-state index is 0.0365. The molecule has 0 atom stereocenters. The summed E-state index contributed by atoms with van der Waals surface area (Å²) in [5.41, 5.74) is 0. The second kappa shape index (κ2) is 4.75. The number of nitrogens with zero attached hydrogens (tertiary/aromatic N) is 1. The van der Waals surface area contributed by atoms with E-state index in [0.717, 1.165) is 6.54 Å². The Labute approximate surface area is 73.7 Å². The molecule has 0 bridgehead atoms. The van der Waals surface area contributed by atoms with Crippen LogP contribution in [0.5, 0.6) is 0 Å². The zero-order valence-corrected chi connectivity index (χ0v) is 8.40. The van der Waals surface area contributed by atoms with Crippen LogP contribution in [0.1, 0.15) is 27.7 Å². The standard InChI is InChI=1S/C7H13F2N.C2H6/c1-6(2)3-10-4-7(8,9)5-10;1-2/h6H,3-5H2,1-2H3;1-2H3. The average Bonchev–Trinajstić information content (AvgIpc) is 1.87. The summed E-state index contributed by atoms with van der Waals surface area (Å²) in [6.07, 6.45) is 0. The lowest BCUT2D eigenvalue weighted by molar-refractivity contribution is -0.133. The molecule has 0 radical (unpaired) electrons. The monoisotopic (exact) mass is 179 g/mol. The van der Waals surface area contributed by atoms with E-state index in [0.29, 0.717) is 5.92 Å². The Morgan fingerprint density at radius 2 is 1.67 bits per heavy atom. The van der Waals surface area contributed by atoms with Gasteiger partial charge in [-0.1, -0.05) is 27.7 Å². The molecule has 1 rings (SSSR count). The highest BCUT2D eigenvalue weighted by Gasteiger charge is 2.43. The van der Waals surface area contributed by atoms with E-state index in [1.807, 2.05) is 27.7 Å². The van der Waals surface area contributed by atoms with E-state index in [9.17, 15) is 8.78 Å². The number of hydrogen-bond donors (Lipinski definition) is 0. The molecule has 0 saturated carbocycles. The summed E-state index contributed by atoms with van der Waals surface area (Å²) in [7, 11) is 0. The van der Waals surface area contributed by atoms with Gasteiger partial charge in [0.25, 0.3) is 5.92 Å². The molecule has 1 nitrogen and oxygen atoms in total. The lowest BCUT2D eigenvalue weighted by atomic mass is 10.1. The molecular weight excluding hydrogens is 160 g/mol. The summed E-state index contributed by atoms with van der Waals surface area (Å²) in [6, 6.07) is 0. The predicted octanol–water partition coefficient (Wildman–Crippen LogP) is 2.62. The van der Waals surface area contributed by atoms with Crippen molar-refractivity contribution in [2.75, 3.05) is 19.6 Å². The van der Waals surface area contributed by atoms with E-state index in [2.05, 4.69) is 0 Å². The molecule has 12 heavy (non-hydrogen) atoms. The molecule has 74 valence electrons. The zero-order chi connectivity index (χ0) is 9.78. The molecule has 0 N–H and O–H groups in total. The first kappa shape index (κ1) is 11.8. The van der Waals surface area contributed by atoms with Gasteiger partial charge in [-0.3, -0.25) is 4.90 Å². The first-order valence-electron chi connectivity index (χ1n) is 4.60. The molecule has 0 amide bonds. The van der Waals surface area contributed by atoms with Gasteiger partial charge >= 0.3 is 0 Å². The van der Waals surface area contributed by atoms with Gasteiger partial charge in [0.05, 0.1) is 13.1 Å². The van der Waals surface area contributed by atoms with Crippen LogP contribution < -0.4 is 0 Å². The average molecular weight is 179 g/mol. The maximum absolute atomic E-state index is 12.2. The molecule has 0 aromatic rings. The molecule has 1 fully saturated rings. The van der Waals surface area contributed by atoms with E-state index in [1.54, 1.807) is 4.90 Å². The summed E-state index contributed by atoms with van der Waals surface area (Å²) >= 11 is 0. The Morgan fingerprint density at radius 1 is 1.25 bits per heavy atom. The van der Waals surface area contributed by atoms with Crippen molar-refractivity contribution in [2.24, 2.45) is 5.92 Å². The van der Waals surface area contributed by atoms with Gasteiger partial charge in [-0.05, 0) is 5.92 Å². The summed E-state index contributed by atoms with van der Waals surface area (Å²) in [4.78, 5) is 1.78. The topological polar surface area (TPSA) is 3.24 Å². The van der Waals surface area contributed by atoms with Crippen molar-refractivity contribution < 1.29 is 8.78 Å². The van der Waals surface area contributed by atoms with E-state index in [4.69, 9.17) is 0 Å². The van der Waals surface area contributed by atoms with Crippen LogP contribution in [0.15, 0.2) is 0 Å². The van der Waals surface area contributed by atoms with Crippen LogP contribution in [-0.4, -0.2) is 30.5 Å². The summed E-state index contributed by atoms with van der Waals surface area (Å²) < 4.78 is 24.4. The fraction of sp³-hybridized carbons (Fsp3) is 1.00. The first-order valence-corrected chi connectivity index (χ1v) is 4.60. The maximum Gasteiger partial charge on any atom is 0.272 e. The lowest BCUT2D eigenvalue weighted by Gasteiger charge is -2.39. The minimum atomic E-state index is -2.39. The van der Waals surface area contributed by atoms with Crippen LogP contribution in [0.25, 0.3) is 0 Å². The van der Waals surface area contributed by atoms with Gasteiger partial charge in [-0.2, -0.15) is 0 Å². The second-order valence-corrected chi connectivity index (χ2v) is 3.42. The van der Waals surface area contributed by atoms with Crippen molar-refractivity contribution in [3.05, 3.63) is 0 Å². The van der Waals surface area contributed by atoms with Gasteiger partial charge in [-0.25, -0.2) is 8.78 Å². The van der Waals surface area contributed by atoms with Crippen LogP contribution >= 0.6 is 0 Å². The third-order valence-electron chi connectivity index (χ3n) is 1.53. The highest BCUT2D eigenvalue weighted by Crippen LogP contribution is 2.26. The van der Waals surface area contributed by atoms with Crippen molar-refractivity contribution in [1.82, 2.24) is 4.90 Å². The van der Waals surface area contributed by atoms with Gasteiger partial charge in [0, 0.05) is 6.54 Å². The largest absolute Gasteiger partial charge is 0.291 e. The summed E-state index contributed by atoms with van der Waals surface area (Å²) in [5, 5.41) is 0. The molecule has 1 saturated heterocycles. The van der Waals surface area contributed by atoms with Gasteiger partial charge in [0.1, 0.15) is 0 Å². The van der Waals surface area contributed by atoms with E-state index in [1.165, 1.54) is 0 Å². The van der Waals surface area contributed by atoms with Crippen LogP contribution in [-0.2, 0) is 0 Å². The van der Waals surface area contributed by atoms with Crippen LogP contribution in [0.3, 0.4) is 0 Å². The van der Waals surface area contributed by atoms with Crippen molar-refractivity contribution in [2.45, 2.75) is 33.6 Å². The Bertz CT molecular complexity index is 113. The maximum atomic E-state index is 12.2. The Balaban J connectivity index is 0.000000561. The van der Waals surface area contributed by atoms with Crippen molar-refractivity contribution in [3.63, 3.8) is 0 Å². The highest BCUT2D eigenvalue weighted by atomic mass is 19.3. The molecule has 1 aliphatic heterocycles. The Morgan fingerprint density at radius 3 is 1.92 bits per heavy atom. The zero-order valence-electron chi connectivity index (χ0n) is 8.40.